The van der Waals surface area contributed by atoms with Crippen LogP contribution >= 0.6 is 0 Å². The summed E-state index contributed by atoms with van der Waals surface area (Å²) in [5.74, 6) is 0. The van der Waals surface area contributed by atoms with E-state index in [0.717, 1.165) is 0 Å². The summed E-state index contributed by atoms with van der Waals surface area (Å²) in [6.45, 7) is 0. The third-order valence-corrected chi connectivity index (χ3v) is 3.88. The molecule has 14 heavy (non-hydrogen) atoms. The van der Waals surface area contributed by atoms with Gasteiger partial charge in [-0.15, -0.1) is 0 Å². The molecule has 4 saturated carbocycles. The molecule has 4 fully saturated rings. The normalized spacial score (nSPS) is 66.0. The largest absolute Gasteiger partial charge is 0.390 e. The Morgan fingerprint density at radius 3 is 1.29 bits per heavy atom. The zero-order chi connectivity index (χ0) is 10.2. The van der Waals surface area contributed by atoms with Gasteiger partial charge in [-0.1, -0.05) is 0 Å². The highest BCUT2D eigenvalue weighted by molar-refractivity contribution is 5.20. The maximum atomic E-state index is 14.1. The van der Waals surface area contributed by atoms with Crippen LogP contribution in [0, 0.1) is 0 Å². The van der Waals surface area contributed by atoms with E-state index in [2.05, 4.69) is 0 Å². The third kappa shape index (κ3) is 1.07. The van der Waals surface area contributed by atoms with E-state index in [1.54, 1.807) is 0 Å². The molecule has 4 bridgehead atoms. The summed E-state index contributed by atoms with van der Waals surface area (Å²) in [7, 11) is 0. The smallest absolute Gasteiger partial charge is 0.119 e. The van der Waals surface area contributed by atoms with Crippen molar-refractivity contribution in [2.24, 2.45) is 0 Å². The lowest BCUT2D eigenvalue weighted by Gasteiger charge is -2.62. The van der Waals surface area contributed by atoms with Crippen LogP contribution in [0.5, 0.6) is 0 Å². The molecule has 4 heteroatoms. The van der Waals surface area contributed by atoms with Gasteiger partial charge in [0.2, 0.25) is 0 Å². The van der Waals surface area contributed by atoms with Crippen LogP contribution in [0.3, 0.4) is 0 Å². The first-order chi connectivity index (χ1) is 6.24. The highest BCUT2D eigenvalue weighted by Crippen LogP contribution is 2.63. The molecule has 0 aromatic heterocycles. The van der Waals surface area contributed by atoms with E-state index < -0.39 is 22.5 Å². The first kappa shape index (κ1) is 9.04. The SMILES string of the molecule is OC12CC3(O)CC(F)(C1)CC(F)(C2)C3. The fourth-order valence-electron chi connectivity index (χ4n) is 4.29. The molecule has 0 unspecified atom stereocenters. The molecule has 0 radical (unpaired) electrons. The number of hydrogen-bond donors (Lipinski definition) is 2. The first-order valence-corrected chi connectivity index (χ1v) is 5.07. The van der Waals surface area contributed by atoms with E-state index in [4.69, 9.17) is 0 Å². The van der Waals surface area contributed by atoms with Gasteiger partial charge >= 0.3 is 0 Å². The predicted molar refractivity (Wildman–Crippen MR) is 45.3 cm³/mol. The second-order valence-corrected chi connectivity index (χ2v) is 5.81. The number of halogens is 2. The van der Waals surface area contributed by atoms with E-state index in [9.17, 15) is 19.0 Å². The van der Waals surface area contributed by atoms with Gasteiger partial charge in [0, 0.05) is 38.5 Å². The zero-order valence-corrected chi connectivity index (χ0v) is 7.89. The molecule has 0 spiro atoms. The van der Waals surface area contributed by atoms with Crippen molar-refractivity contribution in [3.63, 3.8) is 0 Å². The summed E-state index contributed by atoms with van der Waals surface area (Å²) >= 11 is 0. The minimum atomic E-state index is -1.69. The molecule has 0 saturated heterocycles. The lowest BCUT2D eigenvalue weighted by atomic mass is 9.50. The van der Waals surface area contributed by atoms with Gasteiger partial charge in [-0.3, -0.25) is 0 Å². The molecule has 4 aliphatic rings. The summed E-state index contributed by atoms with van der Waals surface area (Å²) < 4.78 is 28.1. The van der Waals surface area contributed by atoms with Crippen LogP contribution in [0.1, 0.15) is 38.5 Å². The van der Waals surface area contributed by atoms with Crippen molar-refractivity contribution in [1.29, 1.82) is 0 Å². The number of aliphatic hydroxyl groups is 2. The van der Waals surface area contributed by atoms with Crippen LogP contribution < -0.4 is 0 Å². The Kier molecular flexibility index (Phi) is 1.29. The molecule has 0 aromatic carbocycles. The van der Waals surface area contributed by atoms with Gasteiger partial charge < -0.3 is 10.2 Å². The molecule has 2 nitrogen and oxygen atoms in total. The van der Waals surface area contributed by atoms with Crippen LogP contribution in [0.15, 0.2) is 0 Å². The molecule has 0 aliphatic heterocycles. The number of alkyl halides is 2. The Bertz CT molecular complexity index is 209. The first-order valence-electron chi connectivity index (χ1n) is 5.07. The minimum absolute atomic E-state index is 0.00597. The standard InChI is InChI=1S/C10H14F2O2/c11-7-1-8(12)4-9(13,2-7)6-10(14,3-7)5-8/h13-14H,1-6H2. The molecule has 4 rings (SSSR count). The molecule has 0 heterocycles. The average Bonchev–Trinajstić information content (AvgIpc) is 1.67. The highest BCUT2D eigenvalue weighted by atomic mass is 19.2. The number of hydrogen-bond acceptors (Lipinski definition) is 2. The monoisotopic (exact) mass is 204 g/mol. The van der Waals surface area contributed by atoms with Crippen LogP contribution in [-0.4, -0.2) is 32.8 Å². The quantitative estimate of drug-likeness (QED) is 0.623. The topological polar surface area (TPSA) is 40.5 Å². The number of rotatable bonds is 0. The van der Waals surface area contributed by atoms with E-state index >= 15 is 0 Å². The molecule has 80 valence electrons. The minimum Gasteiger partial charge on any atom is -0.390 e. The molecule has 0 aromatic rings. The fourth-order valence-corrected chi connectivity index (χ4v) is 4.29. The average molecular weight is 204 g/mol. The summed E-state index contributed by atoms with van der Waals surface area (Å²) in [6, 6.07) is 0. The van der Waals surface area contributed by atoms with Crippen molar-refractivity contribution >= 4 is 0 Å². The van der Waals surface area contributed by atoms with Gasteiger partial charge in [0.05, 0.1) is 11.2 Å². The van der Waals surface area contributed by atoms with Gasteiger partial charge in [0.1, 0.15) is 11.3 Å². The Morgan fingerprint density at radius 2 is 1.00 bits per heavy atom. The van der Waals surface area contributed by atoms with E-state index in [1.807, 2.05) is 0 Å². The Morgan fingerprint density at radius 1 is 0.643 bits per heavy atom. The Balaban J connectivity index is 2.08. The van der Waals surface area contributed by atoms with Gasteiger partial charge in [-0.05, 0) is 0 Å². The zero-order valence-electron chi connectivity index (χ0n) is 7.89. The summed E-state index contributed by atoms with van der Waals surface area (Å²) in [5.41, 5.74) is -6.00. The van der Waals surface area contributed by atoms with Crippen molar-refractivity contribution in [1.82, 2.24) is 0 Å². The molecular weight excluding hydrogens is 190 g/mol. The maximum Gasteiger partial charge on any atom is 0.119 e. The molecule has 4 aliphatic carbocycles. The van der Waals surface area contributed by atoms with Crippen LogP contribution in [-0.2, 0) is 0 Å². The summed E-state index contributed by atoms with van der Waals surface area (Å²) in [4.78, 5) is 0. The van der Waals surface area contributed by atoms with E-state index in [-0.39, 0.29) is 38.5 Å². The maximum absolute atomic E-state index is 14.1. The molecular formula is C10H14F2O2. The van der Waals surface area contributed by atoms with Gasteiger partial charge in [-0.2, -0.15) is 0 Å². The van der Waals surface area contributed by atoms with Crippen molar-refractivity contribution in [2.45, 2.75) is 61.1 Å². The second-order valence-electron chi connectivity index (χ2n) is 5.81. The van der Waals surface area contributed by atoms with Crippen LogP contribution in [0.25, 0.3) is 0 Å². The van der Waals surface area contributed by atoms with Gasteiger partial charge in [-0.25, -0.2) is 8.78 Å². The summed E-state index contributed by atoms with van der Waals surface area (Å²) in [6.07, 6.45) is -0.0358. The second kappa shape index (κ2) is 2.00. The van der Waals surface area contributed by atoms with Gasteiger partial charge in [0.15, 0.2) is 0 Å². The Labute approximate surface area is 80.9 Å². The van der Waals surface area contributed by atoms with Crippen LogP contribution in [0.4, 0.5) is 8.78 Å². The lowest BCUT2D eigenvalue weighted by Crippen LogP contribution is -2.69. The van der Waals surface area contributed by atoms with Crippen molar-refractivity contribution in [2.75, 3.05) is 0 Å². The Hall–Kier alpha value is -0.220. The van der Waals surface area contributed by atoms with Gasteiger partial charge in [0.25, 0.3) is 0 Å². The van der Waals surface area contributed by atoms with E-state index in [1.165, 1.54) is 0 Å². The third-order valence-electron chi connectivity index (χ3n) is 3.88. The van der Waals surface area contributed by atoms with Crippen molar-refractivity contribution < 1.29 is 19.0 Å². The molecule has 2 N–H and O–H groups in total. The lowest BCUT2D eigenvalue weighted by molar-refractivity contribution is -0.263. The molecule has 0 amide bonds. The van der Waals surface area contributed by atoms with Crippen molar-refractivity contribution in [3.8, 4) is 0 Å². The fraction of sp³-hybridized carbons (Fsp3) is 1.00. The van der Waals surface area contributed by atoms with E-state index in [0.29, 0.717) is 0 Å². The highest BCUT2D eigenvalue weighted by Gasteiger charge is 2.69. The molecule has 0 atom stereocenters. The van der Waals surface area contributed by atoms with Crippen LogP contribution in [0.2, 0.25) is 0 Å². The van der Waals surface area contributed by atoms with Crippen molar-refractivity contribution in [3.05, 3.63) is 0 Å². The predicted octanol–water partition coefficient (Wildman–Crippen LogP) is 1.25. The summed E-state index contributed by atoms with van der Waals surface area (Å²) in [5, 5.41) is 19.9.